The van der Waals surface area contributed by atoms with Gasteiger partial charge in [0.05, 0.1) is 18.8 Å². The molecule has 23 heteroatoms. The molecule has 1 fully saturated rings. The monoisotopic (exact) mass is 807 g/mol. The van der Waals surface area contributed by atoms with E-state index in [0.717, 1.165) is 19.2 Å². The zero-order chi connectivity index (χ0) is 41.0. The standard InChI is InChI=1S/C32H43FN3O18P/c1-19(2)51-29(41)46-17-49-55(44,50-18-47-30(42)52-20(3)4)48-16-32(15-33)25(31(6,43)26(54-32)36-13-12-23(37)35-27(36)39)53-24(38)21(5)34-28(40)45-14-22-10-8-7-9-11-22/h7-13,19-21,25-26,43H,14-18H2,1-6H3,(H,34,40)(H,35,37,39)/t21-,25-,26+,31+,32+/m0/s1. The van der Waals surface area contributed by atoms with E-state index in [9.17, 15) is 38.4 Å². The Morgan fingerprint density at radius 2 is 1.53 bits per heavy atom. The molecule has 0 radical (unpaired) electrons. The molecular formula is C32H43FN3O18P. The average molecular weight is 808 g/mol. The second kappa shape index (κ2) is 19.6. The van der Waals surface area contributed by atoms with Crippen LogP contribution in [0.5, 0.6) is 0 Å². The summed E-state index contributed by atoms with van der Waals surface area (Å²) < 4.78 is 80.4. The van der Waals surface area contributed by atoms with Crippen LogP contribution in [0.15, 0.2) is 52.2 Å². The minimum Gasteiger partial charge on any atom is -0.454 e. The predicted octanol–water partition coefficient (Wildman–Crippen LogP) is 2.95. The lowest BCUT2D eigenvalue weighted by Crippen LogP contribution is -2.57. The summed E-state index contributed by atoms with van der Waals surface area (Å²) in [6.07, 6.45) is -8.00. The zero-order valence-electron chi connectivity index (χ0n) is 30.6. The van der Waals surface area contributed by atoms with E-state index in [1.165, 1.54) is 34.6 Å². The molecule has 0 aliphatic carbocycles. The van der Waals surface area contributed by atoms with E-state index >= 15 is 4.39 Å². The van der Waals surface area contributed by atoms with Gasteiger partial charge in [-0.2, -0.15) is 0 Å². The maximum absolute atomic E-state index is 15.4. The lowest BCUT2D eigenvalue weighted by atomic mass is 9.88. The van der Waals surface area contributed by atoms with Crippen LogP contribution in [-0.4, -0.2) is 101 Å². The third-order valence-corrected chi connectivity index (χ3v) is 8.51. The van der Waals surface area contributed by atoms with Gasteiger partial charge >= 0.3 is 37.9 Å². The van der Waals surface area contributed by atoms with E-state index < -0.39 is 112 Å². The van der Waals surface area contributed by atoms with Gasteiger partial charge in [0, 0.05) is 12.3 Å². The van der Waals surface area contributed by atoms with Crippen LogP contribution in [0, 0.1) is 0 Å². The van der Waals surface area contributed by atoms with Crippen molar-refractivity contribution < 1.29 is 80.0 Å². The molecule has 2 aromatic rings. The number of aromatic amines is 1. The van der Waals surface area contributed by atoms with Crippen molar-refractivity contribution in [1.82, 2.24) is 14.9 Å². The first-order valence-corrected chi connectivity index (χ1v) is 17.9. The molecule has 0 unspecified atom stereocenters. The molecule has 1 saturated heterocycles. The van der Waals surface area contributed by atoms with Crippen molar-refractivity contribution in [2.24, 2.45) is 0 Å². The Morgan fingerprint density at radius 3 is 2.05 bits per heavy atom. The van der Waals surface area contributed by atoms with Gasteiger partial charge in [0.2, 0.25) is 13.6 Å². The topological polar surface area (TPSA) is 265 Å². The molecule has 1 aliphatic rings. The van der Waals surface area contributed by atoms with Crippen molar-refractivity contribution in [3.8, 4) is 0 Å². The molecule has 3 N–H and O–H groups in total. The van der Waals surface area contributed by atoms with E-state index in [-0.39, 0.29) is 6.61 Å². The first-order chi connectivity index (χ1) is 25.8. The number of esters is 1. The highest BCUT2D eigenvalue weighted by Gasteiger charge is 2.65. The highest BCUT2D eigenvalue weighted by atomic mass is 31.2. The Labute approximate surface area is 312 Å². The summed E-state index contributed by atoms with van der Waals surface area (Å²) in [6, 6.07) is 7.94. The van der Waals surface area contributed by atoms with Crippen molar-refractivity contribution in [2.45, 2.75) is 89.9 Å². The number of aliphatic hydroxyl groups is 1. The molecular weight excluding hydrogens is 764 g/mol. The van der Waals surface area contributed by atoms with Crippen molar-refractivity contribution in [3.63, 3.8) is 0 Å². The first-order valence-electron chi connectivity index (χ1n) is 16.5. The Balaban J connectivity index is 1.90. The number of halogens is 1. The number of alkyl carbamates (subject to hydrolysis) is 1. The van der Waals surface area contributed by atoms with Crippen LogP contribution in [0.3, 0.4) is 0 Å². The SMILES string of the molecule is CC(C)OC(=O)OCOP(=O)(OCOC(=O)OC(C)C)OC[C@@]1(CF)O[C@@H](n2ccc(=O)[nH]c2=O)[C@](C)(O)[C@@H]1OC(=O)[C@H](C)NC(=O)OCc1ccccc1. The predicted molar refractivity (Wildman–Crippen MR) is 181 cm³/mol. The van der Waals surface area contributed by atoms with Crippen LogP contribution in [0.25, 0.3) is 0 Å². The molecule has 0 saturated carbocycles. The van der Waals surface area contributed by atoms with Crippen LogP contribution in [0.4, 0.5) is 18.8 Å². The van der Waals surface area contributed by atoms with E-state index in [2.05, 4.69) is 14.8 Å². The maximum Gasteiger partial charge on any atom is 0.510 e. The number of rotatable bonds is 18. The molecule has 0 bridgehead atoms. The van der Waals surface area contributed by atoms with Crippen LogP contribution in [0.2, 0.25) is 0 Å². The summed E-state index contributed by atoms with van der Waals surface area (Å²) in [5, 5.41) is 14.0. The summed E-state index contributed by atoms with van der Waals surface area (Å²) in [4.78, 5) is 76.0. The fraction of sp³-hybridized carbons (Fsp3) is 0.562. The molecule has 2 heterocycles. The number of hydrogen-bond donors (Lipinski definition) is 3. The normalized spacial score (nSPS) is 21.4. The molecule has 3 rings (SSSR count). The summed E-state index contributed by atoms with van der Waals surface area (Å²) >= 11 is 0. The van der Waals surface area contributed by atoms with Crippen molar-refractivity contribution in [3.05, 3.63) is 69.0 Å². The van der Waals surface area contributed by atoms with Crippen molar-refractivity contribution in [1.29, 1.82) is 0 Å². The number of hydrogen-bond acceptors (Lipinski definition) is 18. The number of nitrogens with one attached hydrogen (secondary N) is 2. The minimum absolute atomic E-state index is 0.157. The number of ether oxygens (including phenoxy) is 7. The molecule has 55 heavy (non-hydrogen) atoms. The second-order valence-corrected chi connectivity index (χ2v) is 14.2. The first kappa shape index (κ1) is 44.5. The van der Waals surface area contributed by atoms with Gasteiger partial charge in [0.25, 0.3) is 5.56 Å². The lowest BCUT2D eigenvalue weighted by molar-refractivity contribution is -0.177. The minimum atomic E-state index is -5.11. The molecule has 306 valence electrons. The number of benzene rings is 1. The van der Waals surface area contributed by atoms with Crippen LogP contribution >= 0.6 is 7.82 Å². The zero-order valence-corrected chi connectivity index (χ0v) is 31.5. The number of amides is 1. The Morgan fingerprint density at radius 1 is 0.945 bits per heavy atom. The molecule has 5 atom stereocenters. The number of nitrogens with zero attached hydrogens (tertiary/aromatic N) is 1. The van der Waals surface area contributed by atoms with Crippen LogP contribution < -0.4 is 16.6 Å². The smallest absolute Gasteiger partial charge is 0.454 e. The van der Waals surface area contributed by atoms with Gasteiger partial charge in [0.1, 0.15) is 24.9 Å². The number of aromatic nitrogens is 2. The van der Waals surface area contributed by atoms with Crippen LogP contribution in [-0.2, 0) is 62.7 Å². The Kier molecular flexibility index (Phi) is 15.9. The Hall–Kier alpha value is -4.86. The Bertz CT molecular complexity index is 1750. The van der Waals surface area contributed by atoms with Gasteiger partial charge in [-0.25, -0.2) is 42.0 Å². The van der Waals surface area contributed by atoms with Gasteiger partial charge in [-0.3, -0.25) is 18.9 Å². The number of carbonyl (C=O) groups is 4. The van der Waals surface area contributed by atoms with Gasteiger partial charge in [-0.15, -0.1) is 0 Å². The van der Waals surface area contributed by atoms with E-state index in [4.69, 9.17) is 37.3 Å². The summed E-state index contributed by atoms with van der Waals surface area (Å²) in [5.74, 6) is -1.28. The highest BCUT2D eigenvalue weighted by Crippen LogP contribution is 2.53. The van der Waals surface area contributed by atoms with Crippen molar-refractivity contribution >= 4 is 32.2 Å². The number of H-pyrrole nitrogens is 1. The third kappa shape index (κ3) is 12.9. The molecule has 1 aromatic carbocycles. The number of phosphoric ester groups is 1. The fourth-order valence-corrected chi connectivity index (χ4v) is 5.71. The van der Waals surface area contributed by atoms with E-state index in [0.29, 0.717) is 10.1 Å². The van der Waals surface area contributed by atoms with Gasteiger partial charge in [-0.1, -0.05) is 30.3 Å². The quantitative estimate of drug-likeness (QED) is 0.0846. The van der Waals surface area contributed by atoms with Crippen molar-refractivity contribution in [2.75, 3.05) is 26.9 Å². The highest BCUT2D eigenvalue weighted by molar-refractivity contribution is 7.48. The van der Waals surface area contributed by atoms with E-state index in [1.54, 1.807) is 30.3 Å². The average Bonchev–Trinajstić information content (AvgIpc) is 3.31. The summed E-state index contributed by atoms with van der Waals surface area (Å²) in [6.45, 7) is 2.74. The molecule has 21 nitrogen and oxygen atoms in total. The third-order valence-electron chi connectivity index (χ3n) is 7.23. The summed E-state index contributed by atoms with van der Waals surface area (Å²) in [5.41, 5.74) is -6.57. The largest absolute Gasteiger partial charge is 0.510 e. The maximum atomic E-state index is 15.4. The van der Waals surface area contributed by atoms with Gasteiger partial charge < -0.3 is 43.6 Å². The van der Waals surface area contributed by atoms with E-state index in [1.807, 2.05) is 4.98 Å². The molecule has 1 aromatic heterocycles. The van der Waals surface area contributed by atoms with Crippen LogP contribution in [0.1, 0.15) is 53.3 Å². The molecule has 0 spiro atoms. The van der Waals surface area contributed by atoms with Gasteiger partial charge in [0.15, 0.2) is 17.9 Å². The number of carbonyl (C=O) groups excluding carboxylic acids is 4. The number of alkyl halides is 1. The molecule has 1 amide bonds. The van der Waals surface area contributed by atoms with Gasteiger partial charge in [-0.05, 0) is 47.1 Å². The second-order valence-electron chi connectivity index (χ2n) is 12.5. The number of phosphoric acid groups is 1. The lowest BCUT2D eigenvalue weighted by Gasteiger charge is -2.35. The summed E-state index contributed by atoms with van der Waals surface area (Å²) in [7, 11) is -5.11. The fourth-order valence-electron chi connectivity index (χ4n) is 4.74. The molecule has 1 aliphatic heterocycles.